The molecule has 0 bridgehead atoms. The minimum absolute atomic E-state index is 0.0379. The number of anilines is 1. The van der Waals surface area contributed by atoms with Crippen LogP contribution in [0.4, 0.5) is 13.9 Å². The molecule has 1 aliphatic carbocycles. The van der Waals surface area contributed by atoms with E-state index in [9.17, 15) is 18.4 Å². The van der Waals surface area contributed by atoms with Crippen molar-refractivity contribution < 1.29 is 18.4 Å². The number of rotatable bonds is 5. The number of fused-ring (bicyclic) bond motifs is 3. The lowest BCUT2D eigenvalue weighted by Gasteiger charge is -2.08. The largest absolute Gasteiger partial charge is 0.365 e. The van der Waals surface area contributed by atoms with Crippen LogP contribution in [0.25, 0.3) is 27.1 Å². The van der Waals surface area contributed by atoms with Gasteiger partial charge >= 0.3 is 0 Å². The fraction of sp³-hybridized carbons (Fsp3) is 0.333. The Kier molecular flexibility index (Phi) is 5.68. The van der Waals surface area contributed by atoms with Gasteiger partial charge in [0.2, 0.25) is 0 Å². The van der Waals surface area contributed by atoms with E-state index in [2.05, 4.69) is 25.4 Å². The molecule has 1 fully saturated rings. The number of carbonyl (C=O) groups excluding carboxylic acids is 2. The summed E-state index contributed by atoms with van der Waals surface area (Å²) in [4.78, 5) is 35.7. The number of pyridine rings is 2. The van der Waals surface area contributed by atoms with Crippen molar-refractivity contribution in [3.05, 3.63) is 35.9 Å². The van der Waals surface area contributed by atoms with E-state index in [1.54, 1.807) is 10.7 Å². The predicted molar refractivity (Wildman–Crippen MR) is 117 cm³/mol. The molecular weight excluding hydrogens is 438 g/mol. The molecule has 0 aromatic carbocycles. The van der Waals surface area contributed by atoms with Gasteiger partial charge in [0.15, 0.2) is 16.6 Å². The number of nitrogens with one attached hydrogen (secondary N) is 1. The first-order valence-electron chi connectivity index (χ1n) is 9.93. The fourth-order valence-electron chi connectivity index (χ4n) is 3.20. The van der Waals surface area contributed by atoms with Crippen LogP contribution in [0, 0.1) is 12.8 Å². The highest BCUT2D eigenvalue weighted by Crippen LogP contribution is 2.46. The molecule has 0 aliphatic heterocycles. The summed E-state index contributed by atoms with van der Waals surface area (Å²) in [5.41, 5.74) is 4.88. The molecule has 0 spiro atoms. The minimum Gasteiger partial charge on any atom is -0.365 e. The Morgan fingerprint density at radius 3 is 2.66 bits per heavy atom. The number of thiazole rings is 1. The maximum absolute atomic E-state index is 11.9. The minimum atomic E-state index is -2.65. The molecule has 0 radical (unpaired) electrons. The number of nitrogens with zero attached hydrogens (tertiary/aromatic N) is 5. The Morgan fingerprint density at radius 1 is 1.34 bits per heavy atom. The number of aldehydes is 1. The van der Waals surface area contributed by atoms with E-state index < -0.39 is 11.8 Å². The van der Waals surface area contributed by atoms with Gasteiger partial charge in [-0.05, 0) is 24.6 Å². The third kappa shape index (κ3) is 3.95. The highest BCUT2D eigenvalue weighted by atomic mass is 32.1. The lowest BCUT2D eigenvalue weighted by Crippen LogP contribution is -2.02. The number of carbonyl (C=O) groups is 2. The van der Waals surface area contributed by atoms with Crippen LogP contribution < -0.4 is 5.32 Å². The highest BCUT2D eigenvalue weighted by molar-refractivity contribution is 7.21. The van der Waals surface area contributed by atoms with Crippen molar-refractivity contribution in [3.8, 4) is 11.1 Å². The van der Waals surface area contributed by atoms with E-state index in [0.717, 1.165) is 37.8 Å². The molecule has 4 aromatic heterocycles. The standard InChI is InChI=1S/C17H16N6OS.C4H4F2O/c1-4-14(24)12-5-9(2)11(7-19-12)10-6-13-16(25-17(18-3)22-13)23-15(10)20-8-21-23;5-4(6)1-3(4)2-7/h5-8H,4H2,1-3H3,(H,18,22);2-3H,1H2. The molecule has 32 heavy (non-hydrogen) atoms. The molecule has 5 rings (SSSR count). The molecule has 1 aliphatic rings. The van der Waals surface area contributed by atoms with Crippen molar-refractivity contribution in [3.63, 3.8) is 0 Å². The molecule has 1 unspecified atom stereocenters. The van der Waals surface area contributed by atoms with Crippen LogP contribution in [0.15, 0.2) is 24.7 Å². The van der Waals surface area contributed by atoms with Crippen LogP contribution in [0.5, 0.6) is 0 Å². The van der Waals surface area contributed by atoms with Gasteiger partial charge < -0.3 is 10.1 Å². The Balaban J connectivity index is 0.000000300. The molecule has 166 valence electrons. The SMILES string of the molecule is CCC(=O)c1cc(C)c(-c2cc3nc(NC)sc3n3ncnc23)cn1.O=CC1CC1(F)F. The molecule has 4 heterocycles. The van der Waals surface area contributed by atoms with E-state index in [1.165, 1.54) is 17.7 Å². The van der Waals surface area contributed by atoms with E-state index in [0.29, 0.717) is 18.4 Å². The topological polar surface area (TPSA) is 102 Å². The lowest BCUT2D eigenvalue weighted by atomic mass is 10.0. The number of hydrogen-bond acceptors (Lipinski definition) is 8. The zero-order valence-corrected chi connectivity index (χ0v) is 18.4. The zero-order valence-electron chi connectivity index (χ0n) is 17.6. The number of ketones is 1. The molecule has 1 atom stereocenters. The molecule has 8 nitrogen and oxygen atoms in total. The smallest absolute Gasteiger partial charge is 0.258 e. The van der Waals surface area contributed by atoms with Crippen molar-refractivity contribution in [1.29, 1.82) is 0 Å². The summed E-state index contributed by atoms with van der Waals surface area (Å²) >= 11 is 1.53. The van der Waals surface area contributed by atoms with Gasteiger partial charge in [-0.1, -0.05) is 18.3 Å². The second kappa shape index (κ2) is 8.30. The average molecular weight is 458 g/mol. The summed E-state index contributed by atoms with van der Waals surface area (Å²) in [5.74, 6) is -3.58. The molecule has 0 amide bonds. The van der Waals surface area contributed by atoms with Crippen molar-refractivity contribution in [2.24, 2.45) is 5.92 Å². The first-order chi connectivity index (χ1) is 15.3. The van der Waals surface area contributed by atoms with Crippen molar-refractivity contribution in [2.75, 3.05) is 12.4 Å². The van der Waals surface area contributed by atoms with Crippen LogP contribution in [0.2, 0.25) is 0 Å². The number of hydrogen-bond donors (Lipinski definition) is 1. The first kappa shape index (κ1) is 21.9. The summed E-state index contributed by atoms with van der Waals surface area (Å²) < 4.78 is 24.9. The summed E-state index contributed by atoms with van der Waals surface area (Å²) in [6.07, 6.45) is 3.78. The van der Waals surface area contributed by atoms with Crippen molar-refractivity contribution >= 4 is 44.5 Å². The average Bonchev–Trinajstić information content (AvgIpc) is 3.15. The molecular formula is C21H20F2N6O2S. The lowest BCUT2D eigenvalue weighted by molar-refractivity contribution is -0.110. The zero-order chi connectivity index (χ0) is 23.0. The molecule has 11 heteroatoms. The van der Waals surface area contributed by atoms with Crippen LogP contribution in [-0.2, 0) is 4.79 Å². The molecule has 1 N–H and O–H groups in total. The van der Waals surface area contributed by atoms with Gasteiger partial charge in [-0.2, -0.15) is 5.10 Å². The van der Waals surface area contributed by atoms with Crippen molar-refractivity contribution in [1.82, 2.24) is 24.6 Å². The molecule has 4 aromatic rings. The van der Waals surface area contributed by atoms with Crippen LogP contribution in [0.3, 0.4) is 0 Å². The number of halogens is 2. The summed E-state index contributed by atoms with van der Waals surface area (Å²) in [6.45, 7) is 3.81. The van der Waals surface area contributed by atoms with Crippen LogP contribution >= 0.6 is 11.3 Å². The fourth-order valence-corrected chi connectivity index (χ4v) is 4.06. The Labute approximate surface area is 185 Å². The Bertz CT molecular complexity index is 1330. The van der Waals surface area contributed by atoms with Crippen molar-refractivity contribution in [2.45, 2.75) is 32.6 Å². The molecule has 1 saturated carbocycles. The summed E-state index contributed by atoms with van der Waals surface area (Å²) in [6, 6.07) is 3.83. The number of aryl methyl sites for hydroxylation is 1. The highest BCUT2D eigenvalue weighted by Gasteiger charge is 2.56. The monoisotopic (exact) mass is 458 g/mol. The first-order valence-corrected chi connectivity index (χ1v) is 10.7. The maximum Gasteiger partial charge on any atom is 0.258 e. The summed E-state index contributed by atoms with van der Waals surface area (Å²) in [7, 11) is 1.84. The van der Waals surface area contributed by atoms with Gasteiger partial charge in [-0.25, -0.2) is 23.3 Å². The second-order valence-corrected chi connectivity index (χ2v) is 8.36. The number of Topliss-reactive ketones (excluding diaryl/α,β-unsaturated/α-hetero) is 1. The van der Waals surface area contributed by atoms with Gasteiger partial charge in [-0.15, -0.1) is 0 Å². The quantitative estimate of drug-likeness (QED) is 0.353. The van der Waals surface area contributed by atoms with Gasteiger partial charge in [0.1, 0.15) is 28.7 Å². The van der Waals surface area contributed by atoms with E-state index in [4.69, 9.17) is 0 Å². The summed E-state index contributed by atoms with van der Waals surface area (Å²) in [5, 5.41) is 8.23. The molecule has 0 saturated heterocycles. The number of alkyl halides is 2. The predicted octanol–water partition coefficient (Wildman–Crippen LogP) is 4.18. The Morgan fingerprint density at radius 2 is 2.09 bits per heavy atom. The third-order valence-corrected chi connectivity index (χ3v) is 6.22. The third-order valence-electron chi connectivity index (χ3n) is 5.16. The van der Waals surface area contributed by atoms with E-state index in [-0.39, 0.29) is 12.2 Å². The van der Waals surface area contributed by atoms with Crippen LogP contribution in [0.1, 0.15) is 35.8 Å². The van der Waals surface area contributed by atoms with Crippen LogP contribution in [-0.4, -0.2) is 49.6 Å². The van der Waals surface area contributed by atoms with Gasteiger partial charge in [0.05, 0.1) is 5.92 Å². The number of aromatic nitrogens is 5. The van der Waals surface area contributed by atoms with Gasteiger partial charge in [0.25, 0.3) is 5.92 Å². The van der Waals surface area contributed by atoms with Gasteiger partial charge in [-0.3, -0.25) is 9.78 Å². The Hall–Kier alpha value is -3.34. The normalized spacial score (nSPS) is 16.5. The van der Waals surface area contributed by atoms with E-state index >= 15 is 0 Å². The van der Waals surface area contributed by atoms with Gasteiger partial charge in [0, 0.05) is 37.2 Å². The second-order valence-electron chi connectivity index (χ2n) is 7.38. The van der Waals surface area contributed by atoms with E-state index in [1.807, 2.05) is 33.0 Å². The maximum atomic E-state index is 11.9.